The molecule has 3 heteroatoms. The van der Waals surface area contributed by atoms with Crippen molar-refractivity contribution in [3.63, 3.8) is 0 Å². The highest BCUT2D eigenvalue weighted by atomic mass is 16.4. The third kappa shape index (κ3) is 11.0. The van der Waals surface area contributed by atoms with Crippen LogP contribution < -0.4 is 0 Å². The van der Waals surface area contributed by atoms with E-state index in [1.807, 2.05) is 0 Å². The molecule has 0 saturated carbocycles. The number of rotatable bonds is 11. The summed E-state index contributed by atoms with van der Waals surface area (Å²) in [5.41, 5.74) is 0.0671. The Morgan fingerprint density at radius 2 is 1.47 bits per heavy atom. The fraction of sp³-hybridized carbons (Fsp3) is 0.938. The third-order valence-corrected chi connectivity index (χ3v) is 3.58. The smallest absolute Gasteiger partial charge is 0.304 e. The van der Waals surface area contributed by atoms with Crippen molar-refractivity contribution in [2.45, 2.75) is 84.6 Å². The number of carboxylic acids is 1. The highest BCUT2D eigenvalue weighted by molar-refractivity contribution is 5.66. The van der Waals surface area contributed by atoms with Gasteiger partial charge in [0.15, 0.2) is 0 Å². The van der Waals surface area contributed by atoms with Crippen molar-refractivity contribution in [2.75, 3.05) is 13.1 Å². The summed E-state index contributed by atoms with van der Waals surface area (Å²) in [7, 11) is 0. The minimum absolute atomic E-state index is 0.0671. The van der Waals surface area contributed by atoms with E-state index in [0.29, 0.717) is 6.54 Å². The molecule has 0 aromatic heterocycles. The average Bonchev–Trinajstić information content (AvgIpc) is 2.29. The molecule has 1 N–H and O–H groups in total. The Balaban J connectivity index is 3.78. The Morgan fingerprint density at radius 3 is 1.95 bits per heavy atom. The molecule has 0 unspecified atom stereocenters. The van der Waals surface area contributed by atoms with Gasteiger partial charge in [-0.3, -0.25) is 9.69 Å². The van der Waals surface area contributed by atoms with Gasteiger partial charge in [0.2, 0.25) is 0 Å². The Hall–Kier alpha value is -0.570. The first-order valence-corrected chi connectivity index (χ1v) is 7.84. The molecule has 0 aliphatic rings. The second-order valence-corrected chi connectivity index (χ2v) is 6.42. The molecule has 0 spiro atoms. The van der Waals surface area contributed by atoms with Gasteiger partial charge in [0.1, 0.15) is 0 Å². The van der Waals surface area contributed by atoms with E-state index in [9.17, 15) is 4.79 Å². The van der Waals surface area contributed by atoms with Crippen molar-refractivity contribution < 1.29 is 9.90 Å². The van der Waals surface area contributed by atoms with Crippen LogP contribution in [0.1, 0.15) is 79.1 Å². The molecule has 0 aromatic rings. The van der Waals surface area contributed by atoms with Crippen LogP contribution in [0.4, 0.5) is 0 Å². The zero-order valence-corrected chi connectivity index (χ0v) is 13.4. The summed E-state index contributed by atoms with van der Waals surface area (Å²) >= 11 is 0. The molecule has 3 nitrogen and oxygen atoms in total. The molecule has 0 rings (SSSR count). The topological polar surface area (TPSA) is 40.5 Å². The quantitative estimate of drug-likeness (QED) is 0.569. The Morgan fingerprint density at radius 1 is 0.947 bits per heavy atom. The van der Waals surface area contributed by atoms with Crippen molar-refractivity contribution >= 4 is 5.97 Å². The lowest BCUT2D eigenvalue weighted by atomic mass is 10.0. The summed E-state index contributed by atoms with van der Waals surface area (Å²) in [6.45, 7) is 10.4. The van der Waals surface area contributed by atoms with E-state index in [-0.39, 0.29) is 12.0 Å². The number of unbranched alkanes of at least 4 members (excludes halogenated alkanes) is 6. The molecule has 0 aliphatic carbocycles. The first-order valence-electron chi connectivity index (χ1n) is 7.84. The predicted molar refractivity (Wildman–Crippen MR) is 81.6 cm³/mol. The van der Waals surface area contributed by atoms with Crippen molar-refractivity contribution in [2.24, 2.45) is 0 Å². The van der Waals surface area contributed by atoms with Gasteiger partial charge in [-0.1, -0.05) is 45.4 Å². The molecule has 19 heavy (non-hydrogen) atoms. The Kier molecular flexibility index (Phi) is 9.94. The van der Waals surface area contributed by atoms with Gasteiger partial charge in [-0.05, 0) is 33.7 Å². The summed E-state index contributed by atoms with van der Waals surface area (Å²) in [6, 6.07) is 0. The first kappa shape index (κ1) is 18.4. The van der Waals surface area contributed by atoms with E-state index in [0.717, 1.165) is 6.54 Å². The van der Waals surface area contributed by atoms with Gasteiger partial charge in [-0.25, -0.2) is 0 Å². The highest BCUT2D eigenvalue weighted by Gasteiger charge is 2.20. The molecular formula is C16H33NO2. The number of carboxylic acid groups (broad SMARTS) is 1. The standard InChI is InChI=1S/C16H33NO2/c1-5-6-7-8-9-10-11-13-17(16(2,3)4)14-12-15(18)19/h5-14H2,1-4H3,(H,18,19). The van der Waals surface area contributed by atoms with Crippen LogP contribution >= 0.6 is 0 Å². The average molecular weight is 271 g/mol. The lowest BCUT2D eigenvalue weighted by Crippen LogP contribution is -2.43. The van der Waals surface area contributed by atoms with Gasteiger partial charge in [0, 0.05) is 12.1 Å². The minimum Gasteiger partial charge on any atom is -0.481 e. The zero-order chi connectivity index (χ0) is 14.7. The molecule has 0 radical (unpaired) electrons. The normalized spacial score (nSPS) is 12.1. The molecule has 0 aromatic carbocycles. The molecule has 114 valence electrons. The molecule has 0 heterocycles. The second-order valence-electron chi connectivity index (χ2n) is 6.42. The number of hydrogen-bond donors (Lipinski definition) is 1. The summed E-state index contributed by atoms with van der Waals surface area (Å²) in [5, 5.41) is 8.79. The van der Waals surface area contributed by atoms with Gasteiger partial charge >= 0.3 is 5.97 Å². The maximum Gasteiger partial charge on any atom is 0.304 e. The fourth-order valence-electron chi connectivity index (χ4n) is 2.27. The van der Waals surface area contributed by atoms with Gasteiger partial charge < -0.3 is 5.11 Å². The molecule has 0 amide bonds. The molecule has 0 bridgehead atoms. The van der Waals surface area contributed by atoms with Crippen molar-refractivity contribution in [1.82, 2.24) is 4.90 Å². The van der Waals surface area contributed by atoms with Crippen LogP contribution in [0.5, 0.6) is 0 Å². The maximum atomic E-state index is 10.7. The van der Waals surface area contributed by atoms with Crippen molar-refractivity contribution in [3.05, 3.63) is 0 Å². The SMILES string of the molecule is CCCCCCCCCN(CCC(=O)O)C(C)(C)C. The predicted octanol–water partition coefficient (Wildman–Crippen LogP) is 4.31. The van der Waals surface area contributed by atoms with E-state index in [2.05, 4.69) is 32.6 Å². The van der Waals surface area contributed by atoms with Crippen LogP contribution in [0.3, 0.4) is 0 Å². The van der Waals surface area contributed by atoms with Crippen LogP contribution in [0, 0.1) is 0 Å². The molecule has 0 fully saturated rings. The second kappa shape index (κ2) is 10.2. The summed E-state index contributed by atoms with van der Waals surface area (Å²) in [4.78, 5) is 13.0. The van der Waals surface area contributed by atoms with Gasteiger partial charge in [0.25, 0.3) is 0 Å². The van der Waals surface area contributed by atoms with E-state index >= 15 is 0 Å². The van der Waals surface area contributed by atoms with Crippen molar-refractivity contribution in [3.8, 4) is 0 Å². The summed E-state index contributed by atoms with van der Waals surface area (Å²) < 4.78 is 0. The summed E-state index contributed by atoms with van der Waals surface area (Å²) in [5.74, 6) is -0.700. The lowest BCUT2D eigenvalue weighted by Gasteiger charge is -2.35. The fourth-order valence-corrected chi connectivity index (χ4v) is 2.27. The number of aliphatic carboxylic acids is 1. The Bertz CT molecular complexity index is 233. The molecular weight excluding hydrogens is 238 g/mol. The first-order chi connectivity index (χ1) is 8.88. The lowest BCUT2D eigenvalue weighted by molar-refractivity contribution is -0.137. The Labute approximate surface area is 119 Å². The number of carbonyl (C=O) groups is 1. The van der Waals surface area contributed by atoms with Crippen LogP contribution in [-0.2, 0) is 4.79 Å². The maximum absolute atomic E-state index is 10.7. The van der Waals surface area contributed by atoms with E-state index in [1.54, 1.807) is 0 Å². The van der Waals surface area contributed by atoms with Crippen LogP contribution in [0.25, 0.3) is 0 Å². The highest BCUT2D eigenvalue weighted by Crippen LogP contribution is 2.16. The van der Waals surface area contributed by atoms with E-state index < -0.39 is 5.97 Å². The van der Waals surface area contributed by atoms with E-state index in [1.165, 1.54) is 44.9 Å². The number of hydrogen-bond acceptors (Lipinski definition) is 2. The molecule has 0 saturated heterocycles. The van der Waals surface area contributed by atoms with E-state index in [4.69, 9.17) is 5.11 Å². The van der Waals surface area contributed by atoms with Gasteiger partial charge in [-0.15, -0.1) is 0 Å². The van der Waals surface area contributed by atoms with Crippen LogP contribution in [-0.4, -0.2) is 34.6 Å². The van der Waals surface area contributed by atoms with Gasteiger partial charge in [0.05, 0.1) is 6.42 Å². The monoisotopic (exact) mass is 271 g/mol. The minimum atomic E-state index is -0.700. The summed E-state index contributed by atoms with van der Waals surface area (Å²) in [6.07, 6.45) is 9.37. The number of nitrogens with zero attached hydrogens (tertiary/aromatic N) is 1. The third-order valence-electron chi connectivity index (χ3n) is 3.58. The van der Waals surface area contributed by atoms with Crippen LogP contribution in [0.15, 0.2) is 0 Å². The zero-order valence-electron chi connectivity index (χ0n) is 13.4. The molecule has 0 atom stereocenters. The van der Waals surface area contributed by atoms with Crippen LogP contribution in [0.2, 0.25) is 0 Å². The largest absolute Gasteiger partial charge is 0.481 e. The molecule has 0 aliphatic heterocycles. The van der Waals surface area contributed by atoms with Gasteiger partial charge in [-0.2, -0.15) is 0 Å². The van der Waals surface area contributed by atoms with Crippen molar-refractivity contribution in [1.29, 1.82) is 0 Å².